The molecule has 6 fully saturated rings. The number of carbonyl (C=O) groups excluding carboxylic acids is 3. The van der Waals surface area contributed by atoms with E-state index >= 15 is 0 Å². The largest absolute Gasteiger partial charge is 0.462 e. The fraction of sp³-hybridized carbons (Fsp3) is 0.454. The van der Waals surface area contributed by atoms with Crippen LogP contribution in [0.4, 0.5) is 38.9 Å². The van der Waals surface area contributed by atoms with Gasteiger partial charge in [-0.2, -0.15) is 70.4 Å². The number of hydrogen-bond donors (Lipinski definition) is 0. The summed E-state index contributed by atoms with van der Waals surface area (Å²) in [5.41, 5.74) is 9.63. The Balaban J connectivity index is 0.000000173. The molecule has 0 bridgehead atoms. The van der Waals surface area contributed by atoms with Crippen LogP contribution in [0.15, 0.2) is 153 Å². The third kappa shape index (κ3) is 21.8. The molecule has 13 heterocycles. The maximum Gasteiger partial charge on any atom is 0.318 e. The van der Waals surface area contributed by atoms with Crippen molar-refractivity contribution in [3.8, 4) is 18.0 Å². The smallest absolute Gasteiger partial charge is 0.318 e. The maximum absolute atomic E-state index is 14.0. The van der Waals surface area contributed by atoms with Crippen molar-refractivity contribution in [3.63, 3.8) is 0 Å². The molecule has 9 aromatic rings. The molecule has 3 amide bonds. The van der Waals surface area contributed by atoms with Crippen LogP contribution in [-0.4, -0.2) is 277 Å². The molecule has 18 rings (SSSR count). The highest BCUT2D eigenvalue weighted by Gasteiger charge is 2.40. The van der Waals surface area contributed by atoms with Crippen LogP contribution >= 0.6 is 40.5 Å². The third-order valence-corrected chi connectivity index (χ3v) is 26.3. The molecule has 9 aliphatic rings. The monoisotopic (exact) mass is 1800 g/mol. The number of fused-ring (bicyclic) bond motifs is 6. The Bertz CT molecular complexity index is 5630. The first kappa shape index (κ1) is 96.5. The lowest BCUT2D eigenvalue weighted by molar-refractivity contribution is -0.129. The Morgan fingerprint density at radius 3 is 1.20 bits per heavy atom. The number of likely N-dealkylation sites (tertiary alicyclic amines) is 3. The number of halogens is 1. The van der Waals surface area contributed by atoms with E-state index in [9.17, 15) is 18.8 Å². The van der Waals surface area contributed by atoms with Gasteiger partial charge < -0.3 is 87.5 Å². The minimum atomic E-state index is -0.250. The molecule has 4 aromatic heterocycles. The summed E-state index contributed by atoms with van der Waals surface area (Å²) in [5.74, 6) is 2.02. The first-order chi connectivity index (χ1) is 61.0. The summed E-state index contributed by atoms with van der Waals surface area (Å²) >= 11 is 0. The first-order valence-corrected chi connectivity index (χ1v) is 44.0. The topological polar surface area (TPSA) is 221 Å². The predicted octanol–water partition coefficient (Wildman–Crippen LogP) is 12.3. The zero-order valence-electron chi connectivity index (χ0n) is 73.7. The van der Waals surface area contributed by atoms with Crippen molar-refractivity contribution in [3.05, 3.63) is 227 Å². The van der Waals surface area contributed by atoms with E-state index in [4.69, 9.17) is 63.8 Å². The molecule has 0 N–H and O–H groups in total. The lowest BCUT2D eigenvalue weighted by Gasteiger charge is -2.41. The average Bonchev–Trinajstić information content (AvgIpc) is 1.15. The van der Waals surface area contributed by atoms with Crippen molar-refractivity contribution >= 4 is 125 Å². The van der Waals surface area contributed by atoms with E-state index in [1.54, 1.807) is 28.0 Å². The number of piperazine rings is 3. The average molecular weight is 1810 g/mol. The van der Waals surface area contributed by atoms with Crippen LogP contribution < -0.4 is 43.6 Å². The molecule has 129 heavy (non-hydrogen) atoms. The van der Waals surface area contributed by atoms with E-state index in [0.717, 1.165) is 157 Å². The summed E-state index contributed by atoms with van der Waals surface area (Å²) in [6.07, 6.45) is 18.9. The van der Waals surface area contributed by atoms with Gasteiger partial charge in [-0.15, -0.1) is 0 Å². The van der Waals surface area contributed by atoms with Crippen molar-refractivity contribution in [2.45, 2.75) is 128 Å². The number of rotatable bonds is 21. The highest BCUT2D eigenvalue weighted by atomic mass is 32.1. The summed E-state index contributed by atoms with van der Waals surface area (Å²) in [7, 11) is 6.41. The minimum absolute atomic E-state index is 0. The van der Waals surface area contributed by atoms with Gasteiger partial charge in [0.1, 0.15) is 61.2 Å². The summed E-state index contributed by atoms with van der Waals surface area (Å²) in [5, 5.41) is 6.62. The summed E-state index contributed by atoms with van der Waals surface area (Å²) in [6.45, 7) is 46.6. The number of amides is 3. The van der Waals surface area contributed by atoms with Gasteiger partial charge in [0, 0.05) is 164 Å². The number of allylic oxidation sites excluding steroid dienone is 1. The van der Waals surface area contributed by atoms with Crippen LogP contribution in [0.25, 0.3) is 46.9 Å². The maximum atomic E-state index is 14.0. The molecule has 3 unspecified atom stereocenters. The van der Waals surface area contributed by atoms with Crippen molar-refractivity contribution in [1.29, 1.82) is 0 Å². The number of hydrogen-bond acceptors (Lipinski definition) is 22. The Hall–Kier alpha value is -11.6. The third-order valence-electron chi connectivity index (χ3n) is 26.3. The summed E-state index contributed by atoms with van der Waals surface area (Å²) < 4.78 is 32.8. The Kier molecular flexibility index (Phi) is 33.4. The van der Waals surface area contributed by atoms with Crippen molar-refractivity contribution in [2.24, 2.45) is 0 Å². The van der Waals surface area contributed by atoms with Crippen molar-refractivity contribution in [2.75, 3.05) is 188 Å². The van der Waals surface area contributed by atoms with E-state index in [-0.39, 0.29) is 109 Å². The molecule has 0 radical (unpaired) electrons. The fourth-order valence-corrected chi connectivity index (χ4v) is 19.5. The molecule has 0 aliphatic carbocycles. The molecule has 32 heteroatoms. The molecule has 28 nitrogen and oxygen atoms in total. The Morgan fingerprint density at radius 2 is 0.814 bits per heavy atom. The standard InChI is InChI=1S/C33H39N7O2.C32H36FN7O2.C31H36N8O2.CH4.3H2S/c1-4-9-31(41)40-19-18-39(21-26(40)20-34-2)32-28-15-17-38(30-14-7-11-24-10-5-6-13-27(24)30)22-29(28)35-33(36-32)42-23-25-12-8-16-37(25)3;1-4-30(41)40-16-15-39(19-25(40)18-34-2)31-27-12-14-38(29-9-5-7-22-17-23(33)10-11-26(22)29)20-28(27)35-32(36-31)42-21-24-8-6-13-37(24)3;1-4-29(40)39-16-15-38(19-24(39)18-32-2)30-26-11-14-37(28-9-5-7-22-17-33-12-10-25(22)28)20-27(26)34-31(35-30)41-21-23-8-6-13-36(23)3;;;;/h4-7,9-11,13-14,25-26H,8,12,15-23H2,1,3H3;4-5,7,9-11,17,24-25H,1,6,8,12-16,18-21H2,3H3;4-5,7,9-10,12,17,23-24H,1,6,8,11,13-16,18-21H2,3H3;1H4;3*1H2/b9-4+;;;;;;/t25-,26?;24-,25?;23-,24?;;;;/m000..../s1. The van der Waals surface area contributed by atoms with E-state index in [2.05, 4.69) is 171 Å². The first-order valence-electron chi connectivity index (χ1n) is 44.0. The van der Waals surface area contributed by atoms with E-state index in [1.807, 2.05) is 42.4 Å². The van der Waals surface area contributed by atoms with Gasteiger partial charge in [0.05, 0.1) is 36.7 Å². The zero-order chi connectivity index (χ0) is 86.6. The molecular formula is C97H121FN22O6S3. The highest BCUT2D eigenvalue weighted by molar-refractivity contribution is 7.59. The van der Waals surface area contributed by atoms with Crippen LogP contribution in [0.2, 0.25) is 0 Å². The lowest BCUT2D eigenvalue weighted by Crippen LogP contribution is -2.56. The molecule has 0 spiro atoms. The van der Waals surface area contributed by atoms with E-state index < -0.39 is 0 Å². The quantitative estimate of drug-likeness (QED) is 0.0482. The van der Waals surface area contributed by atoms with Crippen LogP contribution in [-0.2, 0) is 53.3 Å². The zero-order valence-corrected chi connectivity index (χ0v) is 76.7. The van der Waals surface area contributed by atoms with Crippen molar-refractivity contribution < 1.29 is 33.0 Å². The molecule has 0 saturated carbocycles. The minimum Gasteiger partial charge on any atom is -0.462 e. The summed E-state index contributed by atoms with van der Waals surface area (Å²) in [6, 6.07) is 35.8. The number of benzene rings is 5. The summed E-state index contributed by atoms with van der Waals surface area (Å²) in [4.78, 5) is 109. The molecule has 5 aromatic carbocycles. The second-order valence-corrected chi connectivity index (χ2v) is 33.9. The van der Waals surface area contributed by atoms with Crippen LogP contribution in [0, 0.1) is 25.5 Å². The number of carbonyl (C=O) groups is 3. The van der Waals surface area contributed by atoms with E-state index in [1.165, 1.54) is 58.6 Å². The van der Waals surface area contributed by atoms with Crippen LogP contribution in [0.3, 0.4) is 0 Å². The van der Waals surface area contributed by atoms with Gasteiger partial charge >= 0.3 is 18.0 Å². The van der Waals surface area contributed by atoms with Gasteiger partial charge in [0.2, 0.25) is 37.4 Å². The normalized spacial score (nSPS) is 20.3. The lowest BCUT2D eigenvalue weighted by atomic mass is 10.0. The van der Waals surface area contributed by atoms with Crippen molar-refractivity contribution in [1.82, 2.24) is 64.3 Å². The number of anilines is 6. The van der Waals surface area contributed by atoms with Gasteiger partial charge in [-0.1, -0.05) is 87.3 Å². The molecular weight excluding hydrogens is 1680 g/mol. The molecule has 6 atom stereocenters. The highest BCUT2D eigenvalue weighted by Crippen LogP contribution is 2.40. The Labute approximate surface area is 778 Å². The number of likely N-dealkylation sites (N-methyl/N-ethyl adjacent to an activating group) is 3. The number of pyridine rings is 1. The van der Waals surface area contributed by atoms with Crippen LogP contribution in [0.1, 0.15) is 86.6 Å². The molecule has 6 saturated heterocycles. The molecule has 680 valence electrons. The number of nitrogens with zero attached hydrogens (tertiary/aromatic N) is 22. The second kappa shape index (κ2) is 44.6. The SMILES string of the molecule is C.S.S.S.[C-]#[N+]CC1CN(c2nc(OC[C@@H]3CCCN3C)nc3c2CCN(c2cccc4cc(F)ccc24)C3)CCN1C(=O)C=C.[C-]#[N+]CC1CN(c2nc(OC[C@@H]3CCCN3C)nc3c2CCN(c2cccc4ccccc24)C3)CCN1C(=O)/C=C/C.[C-]#[N+]CC1CN(c2nc(OC[C@@H]3CCCN3C)nc3c2CCN(c2cccc4cnccc24)C3)CCN1C(=O)C=C. The Morgan fingerprint density at radius 1 is 0.442 bits per heavy atom. The van der Waals surface area contributed by atoms with Gasteiger partial charge in [0.15, 0.2) is 0 Å². The van der Waals surface area contributed by atoms with Gasteiger partial charge in [-0.25, -0.2) is 24.1 Å². The van der Waals surface area contributed by atoms with E-state index in [0.29, 0.717) is 135 Å². The fourth-order valence-electron chi connectivity index (χ4n) is 19.5. The van der Waals surface area contributed by atoms with Crippen LogP contribution in [0.5, 0.6) is 18.0 Å². The van der Waals surface area contributed by atoms with Gasteiger partial charge in [0.25, 0.3) is 0 Å². The predicted molar refractivity (Wildman–Crippen MR) is 524 cm³/mol. The number of aromatic nitrogens is 7. The second-order valence-electron chi connectivity index (χ2n) is 33.9. The van der Waals surface area contributed by atoms with Gasteiger partial charge in [-0.05, 0) is 177 Å². The molecule has 9 aliphatic heterocycles. The van der Waals surface area contributed by atoms with Gasteiger partial charge in [-0.3, -0.25) is 19.4 Å². The number of ether oxygens (including phenoxy) is 3.